The Morgan fingerprint density at radius 3 is 1.54 bits per heavy atom. The molecule has 1 aliphatic rings. The van der Waals surface area contributed by atoms with E-state index in [2.05, 4.69) is 0 Å². The zero-order valence-electron chi connectivity index (χ0n) is 28.9. The molecule has 10 heteroatoms. The van der Waals surface area contributed by atoms with Crippen LogP contribution in [0, 0.1) is 6.92 Å². The fourth-order valence-electron chi connectivity index (χ4n) is 5.71. The third-order valence-corrected chi connectivity index (χ3v) is 7.67. The van der Waals surface area contributed by atoms with E-state index in [1.54, 1.807) is 65.8 Å². The van der Waals surface area contributed by atoms with Gasteiger partial charge in [-0.3, -0.25) is 9.59 Å². The average molecular weight is 655 g/mol. The lowest BCUT2D eigenvalue weighted by Crippen LogP contribution is -2.39. The third kappa shape index (κ3) is 7.35. The molecule has 4 aromatic carbocycles. The molecule has 0 N–H and O–H groups in total. The zero-order chi connectivity index (χ0) is 35.1. The summed E-state index contributed by atoms with van der Waals surface area (Å²) in [6.45, 7) is 16.0. The summed E-state index contributed by atoms with van der Waals surface area (Å²) in [5.41, 5.74) is 2.42. The van der Waals surface area contributed by atoms with E-state index in [1.807, 2.05) is 43.3 Å². The number of aryl methyl sites for hydroxylation is 1. The first-order valence-electron chi connectivity index (χ1n) is 15.9. The van der Waals surface area contributed by atoms with Gasteiger partial charge in [0.1, 0.15) is 11.2 Å². The van der Waals surface area contributed by atoms with Crippen LogP contribution < -0.4 is 9.80 Å². The zero-order valence-corrected chi connectivity index (χ0v) is 28.9. The lowest BCUT2D eigenvalue weighted by atomic mass is 9.89. The van der Waals surface area contributed by atoms with Gasteiger partial charge in [0.05, 0.1) is 24.6 Å². The number of imide groups is 2. The highest BCUT2D eigenvalue weighted by molar-refractivity contribution is 6.18. The molecule has 0 aliphatic carbocycles. The first-order chi connectivity index (χ1) is 22.4. The molecule has 1 heterocycles. The molecule has 0 aromatic heterocycles. The molecule has 10 nitrogen and oxygen atoms in total. The minimum atomic E-state index is -0.821. The Kier molecular flexibility index (Phi) is 9.36. The Balaban J connectivity index is 1.80. The molecule has 4 amide bonds. The van der Waals surface area contributed by atoms with E-state index in [0.29, 0.717) is 24.6 Å². The van der Waals surface area contributed by atoms with E-state index >= 15 is 0 Å². The highest BCUT2D eigenvalue weighted by atomic mass is 16.7. The number of anilines is 2. The minimum Gasteiger partial charge on any atom is -0.443 e. The van der Waals surface area contributed by atoms with Gasteiger partial charge in [-0.1, -0.05) is 24.3 Å². The van der Waals surface area contributed by atoms with Crippen LogP contribution in [0.15, 0.2) is 60.7 Å². The van der Waals surface area contributed by atoms with Crippen LogP contribution in [0.5, 0.6) is 0 Å². The molecule has 0 spiro atoms. The van der Waals surface area contributed by atoms with Crippen molar-refractivity contribution in [2.24, 2.45) is 0 Å². The number of rotatable bonds is 4. The van der Waals surface area contributed by atoms with E-state index in [0.717, 1.165) is 53.6 Å². The van der Waals surface area contributed by atoms with E-state index < -0.39 is 41.5 Å². The third-order valence-electron chi connectivity index (χ3n) is 7.67. The number of benzene rings is 4. The van der Waals surface area contributed by atoms with Gasteiger partial charge >= 0.3 is 12.2 Å². The Hall–Kier alpha value is -4.80. The van der Waals surface area contributed by atoms with E-state index in [9.17, 15) is 19.2 Å². The second-order valence-electron chi connectivity index (χ2n) is 13.9. The number of fused-ring (bicyclic) bond motifs is 2. The highest BCUT2D eigenvalue weighted by Crippen LogP contribution is 2.41. The number of carbonyl (C=O) groups excluding carboxylic acids is 4. The van der Waals surface area contributed by atoms with Crippen molar-refractivity contribution in [3.8, 4) is 11.1 Å². The van der Waals surface area contributed by atoms with Gasteiger partial charge in [-0.25, -0.2) is 19.4 Å². The molecular formula is C38H42N2O8. The summed E-state index contributed by atoms with van der Waals surface area (Å²) in [5.74, 6) is -1.01. The van der Waals surface area contributed by atoms with Gasteiger partial charge in [0.15, 0.2) is 6.29 Å². The molecule has 0 atom stereocenters. The van der Waals surface area contributed by atoms with Crippen molar-refractivity contribution in [2.45, 2.75) is 79.8 Å². The van der Waals surface area contributed by atoms with Crippen LogP contribution in [0.25, 0.3) is 32.7 Å². The number of nitrogens with zero attached hydrogens (tertiary/aromatic N) is 2. The molecule has 4 aromatic rings. The van der Waals surface area contributed by atoms with Gasteiger partial charge in [0.2, 0.25) is 11.8 Å². The molecule has 252 valence electrons. The van der Waals surface area contributed by atoms with Crippen LogP contribution in [-0.4, -0.2) is 48.4 Å². The fourth-order valence-corrected chi connectivity index (χ4v) is 5.71. The molecule has 48 heavy (non-hydrogen) atoms. The lowest BCUT2D eigenvalue weighted by Gasteiger charge is -2.26. The van der Waals surface area contributed by atoms with Crippen LogP contribution >= 0.6 is 0 Å². The summed E-state index contributed by atoms with van der Waals surface area (Å²) in [5, 5.41) is 3.13. The molecule has 0 bridgehead atoms. The van der Waals surface area contributed by atoms with Gasteiger partial charge in [-0.15, -0.1) is 0 Å². The van der Waals surface area contributed by atoms with Gasteiger partial charge in [0, 0.05) is 19.4 Å². The van der Waals surface area contributed by atoms with Crippen molar-refractivity contribution < 1.29 is 38.1 Å². The van der Waals surface area contributed by atoms with Crippen molar-refractivity contribution in [3.05, 3.63) is 71.8 Å². The van der Waals surface area contributed by atoms with Crippen molar-refractivity contribution in [1.82, 2.24) is 0 Å². The molecule has 0 saturated carbocycles. The van der Waals surface area contributed by atoms with Gasteiger partial charge < -0.3 is 18.9 Å². The van der Waals surface area contributed by atoms with Crippen molar-refractivity contribution in [2.75, 3.05) is 23.0 Å². The molecular weight excluding hydrogens is 612 g/mol. The van der Waals surface area contributed by atoms with E-state index in [-0.39, 0.29) is 0 Å². The van der Waals surface area contributed by atoms with Crippen LogP contribution in [0.1, 0.15) is 72.8 Å². The number of amides is 4. The summed E-state index contributed by atoms with van der Waals surface area (Å²) < 4.78 is 22.9. The SMILES string of the molecule is CC(=O)N(C(=O)OC(C)(C)C)c1ccc2cc3ccc(N(C(C)=O)C(=O)OC(C)(C)C)cc3c(-c3ccc(C)c(C4OCCO4)c3)c2c1. The largest absolute Gasteiger partial charge is 0.443 e. The Morgan fingerprint density at radius 2 is 1.12 bits per heavy atom. The van der Waals surface area contributed by atoms with Gasteiger partial charge in [-0.05, 0) is 123 Å². The second kappa shape index (κ2) is 13.0. The Labute approximate surface area is 280 Å². The number of carbonyl (C=O) groups is 4. The van der Waals surface area contributed by atoms with Gasteiger partial charge in [0.25, 0.3) is 0 Å². The summed E-state index contributed by atoms with van der Waals surface area (Å²) in [7, 11) is 0. The number of hydrogen-bond acceptors (Lipinski definition) is 8. The Morgan fingerprint density at radius 1 is 0.667 bits per heavy atom. The monoisotopic (exact) mass is 654 g/mol. The van der Waals surface area contributed by atoms with E-state index in [1.165, 1.54) is 13.8 Å². The molecule has 0 unspecified atom stereocenters. The van der Waals surface area contributed by atoms with Crippen LogP contribution in [0.4, 0.5) is 21.0 Å². The quantitative estimate of drug-likeness (QED) is 0.201. The summed E-state index contributed by atoms with van der Waals surface area (Å²) in [6, 6.07) is 18.6. The lowest BCUT2D eigenvalue weighted by molar-refractivity contribution is -0.117. The first kappa shape index (κ1) is 34.5. The van der Waals surface area contributed by atoms with Crippen molar-refractivity contribution in [3.63, 3.8) is 0 Å². The molecule has 1 saturated heterocycles. The average Bonchev–Trinajstić information content (AvgIpc) is 3.49. The fraction of sp³-hybridized carbons (Fsp3) is 0.368. The number of ether oxygens (including phenoxy) is 4. The van der Waals surface area contributed by atoms with Crippen molar-refractivity contribution in [1.29, 1.82) is 0 Å². The van der Waals surface area contributed by atoms with Gasteiger partial charge in [-0.2, -0.15) is 0 Å². The topological polar surface area (TPSA) is 112 Å². The number of hydrogen-bond donors (Lipinski definition) is 0. The van der Waals surface area contributed by atoms with Crippen LogP contribution in [-0.2, 0) is 28.5 Å². The first-order valence-corrected chi connectivity index (χ1v) is 15.9. The molecule has 1 aliphatic heterocycles. The maximum Gasteiger partial charge on any atom is 0.421 e. The summed E-state index contributed by atoms with van der Waals surface area (Å²) in [6.07, 6.45) is -2.11. The standard InChI is InChI=1S/C38H42N2O8/c1-22-10-11-27(19-30(22)34-45-16-17-46-34)33-31-20-28(39(23(2)41)35(43)47-37(4,5)6)14-12-25(31)18-26-13-15-29(21-32(26)33)40(24(3)42)36(44)48-38(7,8)9/h10-15,18-21,34H,16-17H2,1-9H3. The van der Waals surface area contributed by atoms with Crippen molar-refractivity contribution >= 4 is 56.9 Å². The summed E-state index contributed by atoms with van der Waals surface area (Å²) in [4.78, 5) is 54.3. The maximum atomic E-state index is 13.3. The predicted molar refractivity (Wildman–Crippen MR) is 185 cm³/mol. The van der Waals surface area contributed by atoms with Crippen LogP contribution in [0.2, 0.25) is 0 Å². The second-order valence-corrected chi connectivity index (χ2v) is 13.9. The summed E-state index contributed by atoms with van der Waals surface area (Å²) >= 11 is 0. The van der Waals surface area contributed by atoms with Crippen LogP contribution in [0.3, 0.4) is 0 Å². The molecule has 1 fully saturated rings. The Bertz CT molecular complexity index is 1830. The minimum absolute atomic E-state index is 0.329. The predicted octanol–water partition coefficient (Wildman–Crippen LogP) is 8.59. The highest BCUT2D eigenvalue weighted by Gasteiger charge is 2.29. The maximum absolute atomic E-state index is 13.3. The smallest absolute Gasteiger partial charge is 0.421 e. The van der Waals surface area contributed by atoms with E-state index in [4.69, 9.17) is 18.9 Å². The molecule has 5 rings (SSSR count). The normalized spacial score (nSPS) is 13.9. The molecule has 0 radical (unpaired) electrons.